The first kappa shape index (κ1) is 18.1. The molecule has 1 heterocycles. The minimum Gasteiger partial charge on any atom is -0.452 e. The second-order valence-electron chi connectivity index (χ2n) is 6.07. The molecule has 1 aromatic heterocycles. The molecular formula is C20H12BrFN2O4. The maximum absolute atomic E-state index is 14.2. The van der Waals surface area contributed by atoms with E-state index in [1.165, 1.54) is 24.3 Å². The smallest absolute Gasteiger partial charge is 0.270 e. The zero-order chi connectivity index (χ0) is 19.8. The summed E-state index contributed by atoms with van der Waals surface area (Å²) in [4.78, 5) is 10.8. The van der Waals surface area contributed by atoms with Crippen LogP contribution >= 0.6 is 15.9 Å². The number of hydrogen-bond acceptors (Lipinski definition) is 5. The van der Waals surface area contributed by atoms with Crippen LogP contribution in [0.4, 0.5) is 10.1 Å². The molecule has 3 aromatic carbocycles. The zero-order valence-electron chi connectivity index (χ0n) is 14.5. The van der Waals surface area contributed by atoms with Gasteiger partial charge in [-0.2, -0.15) is 0 Å². The average Bonchev–Trinajstić information content (AvgIpc) is 3.05. The molecule has 0 aliphatic rings. The van der Waals surface area contributed by atoms with Crippen molar-refractivity contribution >= 4 is 32.6 Å². The Hall–Kier alpha value is -3.26. The number of nitrogens with zero attached hydrogens (tertiary/aromatic N) is 2. The van der Waals surface area contributed by atoms with Crippen LogP contribution in [-0.2, 0) is 0 Å². The van der Waals surface area contributed by atoms with E-state index in [0.29, 0.717) is 26.9 Å². The molecule has 4 aromatic rings. The predicted octanol–water partition coefficient (Wildman–Crippen LogP) is 6.41. The van der Waals surface area contributed by atoms with Gasteiger partial charge in [-0.25, -0.2) is 4.39 Å². The highest BCUT2D eigenvalue weighted by atomic mass is 79.9. The third-order valence-corrected chi connectivity index (χ3v) is 4.89. The highest BCUT2D eigenvalue weighted by Crippen LogP contribution is 2.40. The lowest BCUT2D eigenvalue weighted by Crippen LogP contribution is -1.95. The van der Waals surface area contributed by atoms with E-state index in [2.05, 4.69) is 21.1 Å². The number of non-ortho nitro benzene ring substituents is 1. The van der Waals surface area contributed by atoms with Gasteiger partial charge in [0.1, 0.15) is 5.75 Å². The van der Waals surface area contributed by atoms with Gasteiger partial charge in [-0.15, -0.1) is 0 Å². The van der Waals surface area contributed by atoms with Gasteiger partial charge in [0.05, 0.1) is 15.1 Å². The number of halogens is 2. The molecule has 4 rings (SSSR count). The molecule has 0 bridgehead atoms. The van der Waals surface area contributed by atoms with Crippen LogP contribution in [0.25, 0.3) is 22.1 Å². The van der Waals surface area contributed by atoms with E-state index in [0.717, 1.165) is 5.39 Å². The summed E-state index contributed by atoms with van der Waals surface area (Å²) in [6.45, 7) is 1.80. The number of aromatic nitrogens is 1. The third-order valence-electron chi connectivity index (χ3n) is 4.27. The van der Waals surface area contributed by atoms with Crippen molar-refractivity contribution in [2.75, 3.05) is 0 Å². The summed E-state index contributed by atoms with van der Waals surface area (Å²) >= 11 is 3.27. The van der Waals surface area contributed by atoms with Crippen molar-refractivity contribution in [3.63, 3.8) is 0 Å². The number of hydrogen-bond donors (Lipinski definition) is 0. The highest BCUT2D eigenvalue weighted by molar-refractivity contribution is 9.10. The fourth-order valence-corrected chi connectivity index (χ4v) is 3.29. The van der Waals surface area contributed by atoms with E-state index in [-0.39, 0.29) is 17.2 Å². The fraction of sp³-hybridized carbons (Fsp3) is 0.0500. The predicted molar refractivity (Wildman–Crippen MR) is 105 cm³/mol. The second-order valence-corrected chi connectivity index (χ2v) is 6.92. The maximum atomic E-state index is 14.2. The van der Waals surface area contributed by atoms with E-state index in [1.807, 2.05) is 6.07 Å². The molecule has 0 unspecified atom stereocenters. The Morgan fingerprint density at radius 1 is 1.18 bits per heavy atom. The normalized spacial score (nSPS) is 11.0. The van der Waals surface area contributed by atoms with Crippen molar-refractivity contribution < 1.29 is 18.6 Å². The van der Waals surface area contributed by atoms with Crippen molar-refractivity contribution in [2.24, 2.45) is 0 Å². The van der Waals surface area contributed by atoms with Crippen molar-refractivity contribution in [1.82, 2.24) is 5.16 Å². The number of rotatable bonds is 4. The van der Waals surface area contributed by atoms with Crippen molar-refractivity contribution in [3.8, 4) is 22.6 Å². The highest BCUT2D eigenvalue weighted by Gasteiger charge is 2.18. The van der Waals surface area contributed by atoms with Crippen molar-refractivity contribution in [3.05, 3.63) is 80.7 Å². The first-order valence-electron chi connectivity index (χ1n) is 8.21. The number of ether oxygens (including phenoxy) is 1. The monoisotopic (exact) mass is 442 g/mol. The van der Waals surface area contributed by atoms with E-state index in [1.54, 1.807) is 31.2 Å². The first-order chi connectivity index (χ1) is 13.4. The summed E-state index contributed by atoms with van der Waals surface area (Å²) < 4.78 is 25.7. The quantitative estimate of drug-likeness (QED) is 0.269. The SMILES string of the molecule is Cc1noc2ccc(-c3cc([N+](=O)[O-])ccc3Oc3c(F)cccc3Br)cc12. The lowest BCUT2D eigenvalue weighted by atomic mass is 10.0. The van der Waals surface area contributed by atoms with Gasteiger partial charge in [0.15, 0.2) is 17.1 Å². The van der Waals surface area contributed by atoms with Crippen LogP contribution in [0.5, 0.6) is 11.5 Å². The van der Waals surface area contributed by atoms with Crippen molar-refractivity contribution in [2.45, 2.75) is 6.92 Å². The molecule has 0 saturated carbocycles. The number of fused-ring (bicyclic) bond motifs is 1. The van der Waals surface area contributed by atoms with Crippen LogP contribution in [-0.4, -0.2) is 10.1 Å². The number of benzene rings is 3. The molecule has 140 valence electrons. The largest absolute Gasteiger partial charge is 0.452 e. The maximum Gasteiger partial charge on any atom is 0.270 e. The number of para-hydroxylation sites is 1. The van der Waals surface area contributed by atoms with Gasteiger partial charge in [-0.1, -0.05) is 17.3 Å². The van der Waals surface area contributed by atoms with Crippen LogP contribution in [0.2, 0.25) is 0 Å². The summed E-state index contributed by atoms with van der Waals surface area (Å²) in [6, 6.07) is 13.9. The molecular weight excluding hydrogens is 431 g/mol. The Kier molecular flexibility index (Phi) is 4.56. The zero-order valence-corrected chi connectivity index (χ0v) is 16.1. The third kappa shape index (κ3) is 3.22. The van der Waals surface area contributed by atoms with Gasteiger partial charge < -0.3 is 9.26 Å². The summed E-state index contributed by atoms with van der Waals surface area (Å²) in [5.74, 6) is -0.270. The van der Waals surface area contributed by atoms with E-state index < -0.39 is 10.7 Å². The van der Waals surface area contributed by atoms with Crippen LogP contribution in [0.3, 0.4) is 0 Å². The summed E-state index contributed by atoms with van der Waals surface area (Å²) in [6.07, 6.45) is 0. The summed E-state index contributed by atoms with van der Waals surface area (Å²) in [5, 5.41) is 16.0. The Bertz CT molecular complexity index is 1200. The van der Waals surface area contributed by atoms with Crippen LogP contribution in [0.15, 0.2) is 63.6 Å². The summed E-state index contributed by atoms with van der Waals surface area (Å²) in [7, 11) is 0. The van der Waals surface area contributed by atoms with E-state index >= 15 is 0 Å². The molecule has 0 spiro atoms. The van der Waals surface area contributed by atoms with Gasteiger partial charge in [0, 0.05) is 23.1 Å². The fourth-order valence-electron chi connectivity index (χ4n) is 2.86. The Morgan fingerprint density at radius 2 is 2.00 bits per heavy atom. The number of nitro benzene ring substituents is 1. The minimum atomic E-state index is -0.552. The molecule has 0 amide bonds. The molecule has 0 N–H and O–H groups in total. The molecule has 0 radical (unpaired) electrons. The molecule has 0 saturated heterocycles. The molecule has 28 heavy (non-hydrogen) atoms. The van der Waals surface area contributed by atoms with E-state index in [4.69, 9.17) is 9.26 Å². The second kappa shape index (κ2) is 7.05. The molecule has 8 heteroatoms. The van der Waals surface area contributed by atoms with Gasteiger partial charge in [-0.3, -0.25) is 10.1 Å². The topological polar surface area (TPSA) is 78.4 Å². The molecule has 0 fully saturated rings. The first-order valence-corrected chi connectivity index (χ1v) is 9.00. The molecule has 0 atom stereocenters. The van der Waals surface area contributed by atoms with Crippen LogP contribution in [0, 0.1) is 22.9 Å². The molecule has 0 aliphatic carbocycles. The molecule has 0 aliphatic heterocycles. The molecule has 6 nitrogen and oxygen atoms in total. The Balaban J connectivity index is 1.89. The Labute approximate surface area is 166 Å². The average molecular weight is 443 g/mol. The number of aryl methyl sites for hydroxylation is 1. The number of nitro groups is 1. The standard InChI is InChI=1S/C20H12BrFN2O4/c1-11-14-9-12(5-7-19(14)28-23-11)15-10-13(24(25)26)6-8-18(15)27-20-16(21)3-2-4-17(20)22/h2-10H,1H3. The summed E-state index contributed by atoms with van der Waals surface area (Å²) in [5.41, 5.74) is 2.31. The lowest BCUT2D eigenvalue weighted by molar-refractivity contribution is -0.384. The van der Waals surface area contributed by atoms with E-state index in [9.17, 15) is 14.5 Å². The van der Waals surface area contributed by atoms with Gasteiger partial charge >= 0.3 is 0 Å². The minimum absolute atomic E-state index is 0.000149. The van der Waals surface area contributed by atoms with Gasteiger partial charge in [0.25, 0.3) is 5.69 Å². The van der Waals surface area contributed by atoms with Crippen molar-refractivity contribution in [1.29, 1.82) is 0 Å². The van der Waals surface area contributed by atoms with Gasteiger partial charge in [0.2, 0.25) is 0 Å². The van der Waals surface area contributed by atoms with Gasteiger partial charge in [-0.05, 0) is 58.7 Å². The van der Waals surface area contributed by atoms with Crippen LogP contribution in [0.1, 0.15) is 5.69 Å². The Morgan fingerprint density at radius 3 is 2.75 bits per heavy atom. The lowest BCUT2D eigenvalue weighted by Gasteiger charge is -2.13. The van der Waals surface area contributed by atoms with Crippen LogP contribution < -0.4 is 4.74 Å².